The molecule has 0 atom stereocenters. The van der Waals surface area contributed by atoms with Crippen LogP contribution in [-0.4, -0.2) is 28.3 Å². The van der Waals surface area contributed by atoms with Crippen LogP contribution >= 0.6 is 0 Å². The highest BCUT2D eigenvalue weighted by Gasteiger charge is 2.12. The Labute approximate surface area is 122 Å². The number of hydrogen-bond donors (Lipinski definition) is 2. The third-order valence-electron chi connectivity index (χ3n) is 2.80. The van der Waals surface area contributed by atoms with Crippen LogP contribution < -0.4 is 10.6 Å². The maximum atomic E-state index is 11.6. The van der Waals surface area contributed by atoms with Gasteiger partial charge in [-0.1, -0.05) is 12.1 Å². The number of aromatic nitrogens is 2. The lowest BCUT2D eigenvalue weighted by Gasteiger charge is -2.06. The Kier molecular flexibility index (Phi) is 5.40. The largest absolute Gasteiger partial charge is 0.348 e. The minimum absolute atomic E-state index is 0.280. The standard InChI is InChI=1S/C15H16N4O2/c20-14(18-8-5-12-3-1-6-16-9-12)15(21)19-11-13-4-2-7-17-10-13/h1-4,6-7,9-10H,5,8,11H2,(H,18,20)(H,19,21). The Morgan fingerprint density at radius 2 is 1.52 bits per heavy atom. The maximum Gasteiger partial charge on any atom is 0.309 e. The van der Waals surface area contributed by atoms with Crippen LogP contribution in [0.15, 0.2) is 49.1 Å². The van der Waals surface area contributed by atoms with E-state index in [1.165, 1.54) is 0 Å². The van der Waals surface area contributed by atoms with Crippen molar-refractivity contribution in [3.63, 3.8) is 0 Å². The molecule has 0 aliphatic heterocycles. The second-order valence-corrected chi connectivity index (χ2v) is 4.41. The summed E-state index contributed by atoms with van der Waals surface area (Å²) in [5, 5.41) is 5.12. The highest BCUT2D eigenvalue weighted by molar-refractivity contribution is 6.35. The molecule has 2 rings (SSSR count). The highest BCUT2D eigenvalue weighted by Crippen LogP contribution is 1.96. The number of nitrogens with one attached hydrogen (secondary N) is 2. The summed E-state index contributed by atoms with van der Waals surface area (Å²) in [6.07, 6.45) is 7.34. The highest BCUT2D eigenvalue weighted by atomic mass is 16.2. The van der Waals surface area contributed by atoms with Gasteiger partial charge in [0.15, 0.2) is 0 Å². The SMILES string of the molecule is O=C(NCCc1cccnc1)C(=O)NCc1cccnc1. The van der Waals surface area contributed by atoms with Gasteiger partial charge in [0.2, 0.25) is 0 Å². The minimum atomic E-state index is -0.648. The summed E-state index contributed by atoms with van der Waals surface area (Å²) in [7, 11) is 0. The summed E-state index contributed by atoms with van der Waals surface area (Å²) in [6, 6.07) is 7.35. The second kappa shape index (κ2) is 7.74. The van der Waals surface area contributed by atoms with Crippen molar-refractivity contribution in [2.75, 3.05) is 6.54 Å². The van der Waals surface area contributed by atoms with E-state index in [0.29, 0.717) is 13.0 Å². The first-order valence-corrected chi connectivity index (χ1v) is 6.59. The Hall–Kier alpha value is -2.76. The van der Waals surface area contributed by atoms with Crippen LogP contribution in [0.1, 0.15) is 11.1 Å². The predicted molar refractivity (Wildman–Crippen MR) is 77.0 cm³/mol. The van der Waals surface area contributed by atoms with Gasteiger partial charge in [0, 0.05) is 37.9 Å². The van der Waals surface area contributed by atoms with E-state index in [4.69, 9.17) is 0 Å². The normalized spacial score (nSPS) is 9.90. The Morgan fingerprint density at radius 3 is 2.14 bits per heavy atom. The minimum Gasteiger partial charge on any atom is -0.348 e. The maximum absolute atomic E-state index is 11.6. The molecule has 21 heavy (non-hydrogen) atoms. The lowest BCUT2D eigenvalue weighted by Crippen LogP contribution is -2.40. The molecular weight excluding hydrogens is 268 g/mol. The van der Waals surface area contributed by atoms with Crippen LogP contribution in [0, 0.1) is 0 Å². The van der Waals surface area contributed by atoms with Gasteiger partial charge in [-0.3, -0.25) is 19.6 Å². The molecule has 2 aromatic rings. The van der Waals surface area contributed by atoms with E-state index in [1.54, 1.807) is 30.9 Å². The molecule has 108 valence electrons. The topological polar surface area (TPSA) is 84.0 Å². The van der Waals surface area contributed by atoms with Crippen LogP contribution in [0.5, 0.6) is 0 Å². The van der Waals surface area contributed by atoms with Gasteiger partial charge in [-0.15, -0.1) is 0 Å². The summed E-state index contributed by atoms with van der Waals surface area (Å²) < 4.78 is 0. The average molecular weight is 284 g/mol. The molecular formula is C15H16N4O2. The molecule has 0 aliphatic rings. The lowest BCUT2D eigenvalue weighted by molar-refractivity contribution is -0.139. The Bertz CT molecular complexity index is 587. The molecule has 0 unspecified atom stereocenters. The van der Waals surface area contributed by atoms with Crippen LogP contribution in [0.4, 0.5) is 0 Å². The number of carbonyl (C=O) groups excluding carboxylic acids is 2. The van der Waals surface area contributed by atoms with E-state index in [9.17, 15) is 9.59 Å². The van der Waals surface area contributed by atoms with Crippen molar-refractivity contribution in [3.05, 3.63) is 60.2 Å². The van der Waals surface area contributed by atoms with Crippen LogP contribution in [0.25, 0.3) is 0 Å². The van der Waals surface area contributed by atoms with Crippen LogP contribution in [-0.2, 0) is 22.6 Å². The van der Waals surface area contributed by atoms with Gasteiger partial charge < -0.3 is 10.6 Å². The zero-order chi connectivity index (χ0) is 14.9. The third kappa shape index (κ3) is 5.02. The number of rotatable bonds is 5. The summed E-state index contributed by atoms with van der Waals surface area (Å²) in [6.45, 7) is 0.674. The number of pyridine rings is 2. The fourth-order valence-corrected chi connectivity index (χ4v) is 1.71. The lowest BCUT2D eigenvalue weighted by atomic mass is 10.2. The van der Waals surface area contributed by atoms with Gasteiger partial charge in [0.25, 0.3) is 0 Å². The molecule has 0 saturated heterocycles. The zero-order valence-corrected chi connectivity index (χ0v) is 11.5. The molecule has 2 heterocycles. The molecule has 0 aliphatic carbocycles. The van der Waals surface area contributed by atoms with Gasteiger partial charge in [-0.25, -0.2) is 0 Å². The van der Waals surface area contributed by atoms with E-state index >= 15 is 0 Å². The number of carbonyl (C=O) groups is 2. The fourth-order valence-electron chi connectivity index (χ4n) is 1.71. The molecule has 0 radical (unpaired) electrons. The molecule has 2 N–H and O–H groups in total. The monoisotopic (exact) mass is 284 g/mol. The second-order valence-electron chi connectivity index (χ2n) is 4.41. The first-order chi connectivity index (χ1) is 10.3. The summed E-state index contributed by atoms with van der Waals surface area (Å²) >= 11 is 0. The van der Waals surface area contributed by atoms with Gasteiger partial charge in [-0.05, 0) is 29.7 Å². The molecule has 0 aromatic carbocycles. The number of nitrogens with zero attached hydrogens (tertiary/aromatic N) is 2. The first-order valence-electron chi connectivity index (χ1n) is 6.59. The summed E-state index contributed by atoms with van der Waals surface area (Å²) in [4.78, 5) is 31.1. The molecule has 0 saturated carbocycles. The van der Waals surface area contributed by atoms with E-state index < -0.39 is 11.8 Å². The number of hydrogen-bond acceptors (Lipinski definition) is 4. The van der Waals surface area contributed by atoms with Gasteiger partial charge in [0.05, 0.1) is 0 Å². The molecule has 6 heteroatoms. The Morgan fingerprint density at radius 1 is 0.905 bits per heavy atom. The van der Waals surface area contributed by atoms with Crippen molar-refractivity contribution in [1.82, 2.24) is 20.6 Å². The van der Waals surface area contributed by atoms with Crippen molar-refractivity contribution in [2.45, 2.75) is 13.0 Å². The van der Waals surface area contributed by atoms with Crippen molar-refractivity contribution in [2.24, 2.45) is 0 Å². The quantitative estimate of drug-likeness (QED) is 0.781. The van der Waals surface area contributed by atoms with E-state index in [-0.39, 0.29) is 6.54 Å². The number of amides is 2. The van der Waals surface area contributed by atoms with E-state index in [2.05, 4.69) is 20.6 Å². The first kappa shape index (κ1) is 14.6. The van der Waals surface area contributed by atoms with Crippen LogP contribution in [0.3, 0.4) is 0 Å². The molecule has 0 bridgehead atoms. The molecule has 2 aromatic heterocycles. The smallest absolute Gasteiger partial charge is 0.309 e. The molecule has 6 nitrogen and oxygen atoms in total. The van der Waals surface area contributed by atoms with Crippen molar-refractivity contribution < 1.29 is 9.59 Å². The predicted octanol–water partition coefficient (Wildman–Crippen LogP) is 0.452. The molecule has 0 fully saturated rings. The van der Waals surface area contributed by atoms with Crippen LogP contribution in [0.2, 0.25) is 0 Å². The summed E-state index contributed by atoms with van der Waals surface area (Å²) in [5.41, 5.74) is 1.85. The zero-order valence-electron chi connectivity index (χ0n) is 11.5. The fraction of sp³-hybridized carbons (Fsp3) is 0.200. The van der Waals surface area contributed by atoms with E-state index in [0.717, 1.165) is 11.1 Å². The Balaban J connectivity index is 1.69. The van der Waals surface area contributed by atoms with Crippen molar-refractivity contribution in [1.29, 1.82) is 0 Å². The van der Waals surface area contributed by atoms with Crippen molar-refractivity contribution in [3.8, 4) is 0 Å². The van der Waals surface area contributed by atoms with E-state index in [1.807, 2.05) is 18.2 Å². The summed E-state index contributed by atoms with van der Waals surface area (Å²) in [5.74, 6) is -1.28. The van der Waals surface area contributed by atoms with Gasteiger partial charge in [0.1, 0.15) is 0 Å². The average Bonchev–Trinajstić information content (AvgIpc) is 2.54. The van der Waals surface area contributed by atoms with Gasteiger partial charge >= 0.3 is 11.8 Å². The molecule has 0 spiro atoms. The van der Waals surface area contributed by atoms with Gasteiger partial charge in [-0.2, -0.15) is 0 Å². The van der Waals surface area contributed by atoms with Crippen molar-refractivity contribution >= 4 is 11.8 Å². The third-order valence-corrected chi connectivity index (χ3v) is 2.80. The molecule has 2 amide bonds.